The first kappa shape index (κ1) is 15.9. The summed E-state index contributed by atoms with van der Waals surface area (Å²) in [4.78, 5) is 0. The topological polar surface area (TPSA) is 55.4 Å². The molecule has 0 amide bonds. The first-order chi connectivity index (χ1) is 10.8. The second-order valence-corrected chi connectivity index (χ2v) is 5.36. The van der Waals surface area contributed by atoms with Gasteiger partial charge in [-0.3, -0.25) is 0 Å². The lowest BCUT2D eigenvalue weighted by Gasteiger charge is -2.48. The molecule has 0 saturated carbocycles. The average molecular weight is 310 g/mol. The highest BCUT2D eigenvalue weighted by Crippen LogP contribution is 2.35. The minimum atomic E-state index is -0.503. The zero-order valence-corrected chi connectivity index (χ0v) is 13.0. The highest BCUT2D eigenvalue weighted by atomic mass is 16.8. The van der Waals surface area contributed by atoms with Crippen LogP contribution < -0.4 is 0 Å². The third-order valence-corrected chi connectivity index (χ3v) is 4.13. The fraction of sp³-hybridized carbons (Fsp3) is 0.625. The number of methoxy groups -OCH3 is 3. The summed E-state index contributed by atoms with van der Waals surface area (Å²) in [6, 6.07) is 9.82. The minimum Gasteiger partial charge on any atom is -0.376 e. The number of benzene rings is 1. The third-order valence-electron chi connectivity index (χ3n) is 4.13. The fourth-order valence-corrected chi connectivity index (χ4v) is 3.03. The molecule has 3 rings (SSSR count). The van der Waals surface area contributed by atoms with Crippen LogP contribution in [0.2, 0.25) is 0 Å². The molecule has 2 fully saturated rings. The highest BCUT2D eigenvalue weighted by molar-refractivity contribution is 5.16. The Morgan fingerprint density at radius 2 is 1.64 bits per heavy atom. The Morgan fingerprint density at radius 3 is 2.27 bits per heavy atom. The standard InChI is InChI=1S/C16H22O6/c1-17-13-12-11(21-16(19-3)14(13)18-2)9-20-15(22-12)10-7-5-4-6-8-10/h4-8,11-16H,9H2,1-3H3/t11-,12+,13+,14-,15?,16-/m1/s1. The van der Waals surface area contributed by atoms with Crippen LogP contribution in [0.25, 0.3) is 0 Å². The van der Waals surface area contributed by atoms with Gasteiger partial charge in [0.05, 0.1) is 6.61 Å². The van der Waals surface area contributed by atoms with Gasteiger partial charge in [0.25, 0.3) is 0 Å². The molecule has 0 aromatic heterocycles. The van der Waals surface area contributed by atoms with Gasteiger partial charge in [0.15, 0.2) is 12.6 Å². The van der Waals surface area contributed by atoms with Crippen molar-refractivity contribution in [2.45, 2.75) is 37.0 Å². The van der Waals surface area contributed by atoms with Gasteiger partial charge >= 0.3 is 0 Å². The van der Waals surface area contributed by atoms with E-state index in [-0.39, 0.29) is 24.4 Å². The predicted octanol–water partition coefficient (Wildman–Crippen LogP) is 1.50. The first-order valence-corrected chi connectivity index (χ1v) is 7.34. The third kappa shape index (κ3) is 2.90. The minimum absolute atomic E-state index is 0.249. The zero-order valence-electron chi connectivity index (χ0n) is 13.0. The normalized spacial score (nSPS) is 38.5. The molecule has 1 aromatic carbocycles. The van der Waals surface area contributed by atoms with Gasteiger partial charge in [-0.2, -0.15) is 0 Å². The largest absolute Gasteiger partial charge is 0.376 e. The summed E-state index contributed by atoms with van der Waals surface area (Å²) in [7, 11) is 4.84. The Bertz CT molecular complexity index is 467. The van der Waals surface area contributed by atoms with E-state index in [1.807, 2.05) is 30.3 Å². The first-order valence-electron chi connectivity index (χ1n) is 7.34. The van der Waals surface area contributed by atoms with Gasteiger partial charge in [0, 0.05) is 26.9 Å². The van der Waals surface area contributed by atoms with Crippen molar-refractivity contribution in [1.29, 1.82) is 0 Å². The lowest BCUT2D eigenvalue weighted by atomic mass is 9.97. The summed E-state index contributed by atoms with van der Waals surface area (Å²) in [6.45, 7) is 0.417. The molecule has 6 heteroatoms. The second kappa shape index (κ2) is 7.04. The maximum Gasteiger partial charge on any atom is 0.186 e. The Hall–Kier alpha value is -1.02. The number of ether oxygens (including phenoxy) is 6. The monoisotopic (exact) mass is 310 g/mol. The number of hydrogen-bond acceptors (Lipinski definition) is 6. The van der Waals surface area contributed by atoms with Crippen molar-refractivity contribution < 1.29 is 28.4 Å². The zero-order chi connectivity index (χ0) is 15.5. The molecule has 1 aromatic rings. The van der Waals surface area contributed by atoms with E-state index in [1.165, 1.54) is 0 Å². The van der Waals surface area contributed by atoms with Crippen molar-refractivity contribution >= 4 is 0 Å². The molecule has 0 N–H and O–H groups in total. The Kier molecular flexibility index (Phi) is 5.07. The van der Waals surface area contributed by atoms with Crippen LogP contribution in [0.5, 0.6) is 0 Å². The van der Waals surface area contributed by atoms with Gasteiger partial charge in [0.1, 0.15) is 24.4 Å². The molecule has 2 heterocycles. The van der Waals surface area contributed by atoms with Crippen LogP contribution in [0.3, 0.4) is 0 Å². The van der Waals surface area contributed by atoms with E-state index < -0.39 is 12.6 Å². The van der Waals surface area contributed by atoms with Crippen LogP contribution in [0.15, 0.2) is 30.3 Å². The van der Waals surface area contributed by atoms with Gasteiger partial charge in [-0.15, -0.1) is 0 Å². The molecular formula is C16H22O6. The Balaban J connectivity index is 1.79. The van der Waals surface area contributed by atoms with E-state index in [0.717, 1.165) is 5.56 Å². The lowest BCUT2D eigenvalue weighted by Crippen LogP contribution is -2.63. The lowest BCUT2D eigenvalue weighted by molar-refractivity contribution is -0.363. The van der Waals surface area contributed by atoms with Crippen LogP contribution in [0.4, 0.5) is 0 Å². The molecule has 6 nitrogen and oxygen atoms in total. The van der Waals surface area contributed by atoms with Gasteiger partial charge in [-0.25, -0.2) is 0 Å². The van der Waals surface area contributed by atoms with E-state index in [2.05, 4.69) is 0 Å². The fourth-order valence-electron chi connectivity index (χ4n) is 3.03. The molecule has 1 unspecified atom stereocenters. The molecule has 0 bridgehead atoms. The van der Waals surface area contributed by atoms with Crippen LogP contribution in [0, 0.1) is 0 Å². The SMILES string of the molecule is CO[C@@H]1O[C@@H]2COC(c3ccccc3)O[C@@H]2[C@H](OC)[C@H]1OC. The van der Waals surface area contributed by atoms with Crippen molar-refractivity contribution in [3.8, 4) is 0 Å². The predicted molar refractivity (Wildman–Crippen MR) is 77.3 cm³/mol. The molecule has 0 radical (unpaired) electrons. The summed E-state index contributed by atoms with van der Waals surface area (Å²) in [5, 5.41) is 0. The van der Waals surface area contributed by atoms with E-state index in [0.29, 0.717) is 6.61 Å². The molecular weight excluding hydrogens is 288 g/mol. The Labute approximate surface area is 130 Å². The molecule has 0 spiro atoms. The number of hydrogen-bond donors (Lipinski definition) is 0. The smallest absolute Gasteiger partial charge is 0.186 e. The van der Waals surface area contributed by atoms with Crippen molar-refractivity contribution in [3.05, 3.63) is 35.9 Å². The molecule has 2 aliphatic heterocycles. The summed E-state index contributed by atoms with van der Waals surface area (Å²) >= 11 is 0. The quantitative estimate of drug-likeness (QED) is 0.840. The summed E-state index contributed by atoms with van der Waals surface area (Å²) < 4.78 is 34.2. The van der Waals surface area contributed by atoms with Crippen LogP contribution >= 0.6 is 0 Å². The second-order valence-electron chi connectivity index (χ2n) is 5.36. The van der Waals surface area contributed by atoms with Gasteiger partial charge in [0.2, 0.25) is 0 Å². The summed E-state index contributed by atoms with van der Waals surface area (Å²) in [5.41, 5.74) is 0.971. The van der Waals surface area contributed by atoms with Gasteiger partial charge < -0.3 is 28.4 Å². The maximum atomic E-state index is 6.10. The van der Waals surface area contributed by atoms with Crippen LogP contribution in [-0.2, 0) is 28.4 Å². The van der Waals surface area contributed by atoms with Crippen molar-refractivity contribution in [2.24, 2.45) is 0 Å². The van der Waals surface area contributed by atoms with Crippen LogP contribution in [0.1, 0.15) is 11.9 Å². The van der Waals surface area contributed by atoms with Crippen LogP contribution in [-0.4, -0.2) is 58.6 Å². The molecule has 22 heavy (non-hydrogen) atoms. The van der Waals surface area contributed by atoms with E-state index in [9.17, 15) is 0 Å². The van der Waals surface area contributed by atoms with Crippen molar-refractivity contribution in [3.63, 3.8) is 0 Å². The van der Waals surface area contributed by atoms with Crippen molar-refractivity contribution in [2.75, 3.05) is 27.9 Å². The number of fused-ring (bicyclic) bond motifs is 1. The number of rotatable bonds is 4. The molecule has 122 valence electrons. The summed E-state index contributed by atoms with van der Waals surface area (Å²) in [6.07, 6.45) is -2.10. The Morgan fingerprint density at radius 1 is 0.909 bits per heavy atom. The van der Waals surface area contributed by atoms with Gasteiger partial charge in [-0.05, 0) is 0 Å². The van der Waals surface area contributed by atoms with E-state index in [4.69, 9.17) is 28.4 Å². The van der Waals surface area contributed by atoms with Gasteiger partial charge in [-0.1, -0.05) is 30.3 Å². The van der Waals surface area contributed by atoms with E-state index >= 15 is 0 Å². The summed E-state index contributed by atoms with van der Waals surface area (Å²) in [5.74, 6) is 0. The molecule has 2 aliphatic rings. The maximum absolute atomic E-state index is 6.10. The van der Waals surface area contributed by atoms with Crippen molar-refractivity contribution in [1.82, 2.24) is 0 Å². The molecule has 2 saturated heterocycles. The molecule has 0 aliphatic carbocycles. The highest BCUT2D eigenvalue weighted by Gasteiger charge is 2.50. The average Bonchev–Trinajstić information content (AvgIpc) is 2.60. The van der Waals surface area contributed by atoms with E-state index in [1.54, 1.807) is 21.3 Å². The molecule has 6 atom stereocenters.